The van der Waals surface area contributed by atoms with Gasteiger partial charge in [-0.25, -0.2) is 0 Å². The van der Waals surface area contributed by atoms with Gasteiger partial charge in [0.15, 0.2) is 0 Å². The molecular formula is C13H26N2O2. The highest BCUT2D eigenvalue weighted by Gasteiger charge is 2.25. The Kier molecular flexibility index (Phi) is 5.92. The SMILES string of the molecule is CCCN(CC(=O)N(C)C)C1CCC(O)CC1. The van der Waals surface area contributed by atoms with Crippen LogP contribution in [-0.4, -0.2) is 60.1 Å². The lowest BCUT2D eigenvalue weighted by Gasteiger charge is -2.35. The minimum absolute atomic E-state index is 0.126. The molecule has 17 heavy (non-hydrogen) atoms. The van der Waals surface area contributed by atoms with Crippen molar-refractivity contribution in [2.75, 3.05) is 27.2 Å². The van der Waals surface area contributed by atoms with Crippen molar-refractivity contribution in [1.29, 1.82) is 0 Å². The molecule has 1 rings (SSSR count). The Hall–Kier alpha value is -0.610. The molecule has 0 atom stereocenters. The molecular weight excluding hydrogens is 216 g/mol. The van der Waals surface area contributed by atoms with E-state index in [-0.39, 0.29) is 12.0 Å². The van der Waals surface area contributed by atoms with E-state index in [4.69, 9.17) is 0 Å². The summed E-state index contributed by atoms with van der Waals surface area (Å²) in [6, 6.07) is 0.474. The third kappa shape index (κ3) is 4.64. The number of aliphatic hydroxyl groups is 1. The van der Waals surface area contributed by atoms with Crippen LogP contribution in [0.15, 0.2) is 0 Å². The van der Waals surface area contributed by atoms with Crippen LogP contribution >= 0.6 is 0 Å². The van der Waals surface area contributed by atoms with E-state index in [1.807, 2.05) is 0 Å². The average molecular weight is 242 g/mol. The number of aliphatic hydroxyl groups excluding tert-OH is 1. The third-order valence-electron chi connectivity index (χ3n) is 3.53. The first-order valence-corrected chi connectivity index (χ1v) is 6.66. The highest BCUT2D eigenvalue weighted by Crippen LogP contribution is 2.23. The minimum Gasteiger partial charge on any atom is -0.393 e. The summed E-state index contributed by atoms with van der Waals surface area (Å²) in [6.45, 7) is 3.63. The summed E-state index contributed by atoms with van der Waals surface area (Å²) in [5.41, 5.74) is 0. The molecule has 100 valence electrons. The molecule has 0 aromatic rings. The Morgan fingerprint density at radius 1 is 1.24 bits per heavy atom. The fraction of sp³-hybridized carbons (Fsp3) is 0.923. The van der Waals surface area contributed by atoms with Crippen LogP contribution in [0.3, 0.4) is 0 Å². The summed E-state index contributed by atoms with van der Waals surface area (Å²) in [5.74, 6) is 0.171. The molecule has 0 unspecified atom stereocenters. The molecule has 1 aliphatic carbocycles. The Balaban J connectivity index is 2.50. The zero-order valence-electron chi connectivity index (χ0n) is 11.4. The van der Waals surface area contributed by atoms with Crippen molar-refractivity contribution in [2.24, 2.45) is 0 Å². The van der Waals surface area contributed by atoms with Crippen molar-refractivity contribution >= 4 is 5.91 Å². The highest BCUT2D eigenvalue weighted by atomic mass is 16.3. The Morgan fingerprint density at radius 2 is 1.82 bits per heavy atom. The number of carbonyl (C=O) groups is 1. The Bertz CT molecular complexity index is 236. The van der Waals surface area contributed by atoms with Gasteiger partial charge in [-0.2, -0.15) is 0 Å². The normalized spacial score (nSPS) is 25.0. The van der Waals surface area contributed by atoms with Crippen molar-refractivity contribution in [3.63, 3.8) is 0 Å². The minimum atomic E-state index is -0.126. The molecule has 1 fully saturated rings. The first kappa shape index (κ1) is 14.5. The van der Waals surface area contributed by atoms with Crippen molar-refractivity contribution in [1.82, 2.24) is 9.80 Å². The van der Waals surface area contributed by atoms with Crippen LogP contribution in [0.25, 0.3) is 0 Å². The molecule has 1 N–H and O–H groups in total. The standard InChI is InChI=1S/C13H26N2O2/c1-4-9-15(10-13(17)14(2)3)11-5-7-12(16)8-6-11/h11-12,16H,4-10H2,1-3H3. The fourth-order valence-corrected chi connectivity index (χ4v) is 2.42. The van der Waals surface area contributed by atoms with Crippen LogP contribution in [0, 0.1) is 0 Å². The average Bonchev–Trinajstić information content (AvgIpc) is 2.29. The molecule has 4 nitrogen and oxygen atoms in total. The van der Waals surface area contributed by atoms with Gasteiger partial charge in [-0.3, -0.25) is 9.69 Å². The highest BCUT2D eigenvalue weighted by molar-refractivity contribution is 5.77. The number of nitrogens with zero attached hydrogens (tertiary/aromatic N) is 2. The van der Waals surface area contributed by atoms with E-state index in [0.29, 0.717) is 12.6 Å². The van der Waals surface area contributed by atoms with Gasteiger partial charge in [0.2, 0.25) is 5.91 Å². The van der Waals surface area contributed by atoms with E-state index in [1.54, 1.807) is 19.0 Å². The van der Waals surface area contributed by atoms with E-state index in [1.165, 1.54) is 0 Å². The lowest BCUT2D eigenvalue weighted by Crippen LogP contribution is -2.45. The van der Waals surface area contributed by atoms with Crippen LogP contribution in [0.2, 0.25) is 0 Å². The monoisotopic (exact) mass is 242 g/mol. The molecule has 1 amide bonds. The maximum absolute atomic E-state index is 11.8. The lowest BCUT2D eigenvalue weighted by atomic mass is 9.92. The Morgan fingerprint density at radius 3 is 2.29 bits per heavy atom. The van der Waals surface area contributed by atoms with Crippen LogP contribution < -0.4 is 0 Å². The molecule has 1 aliphatic rings. The second-order valence-corrected chi connectivity index (χ2v) is 5.22. The van der Waals surface area contributed by atoms with Gasteiger partial charge in [0.25, 0.3) is 0 Å². The summed E-state index contributed by atoms with van der Waals surface area (Å²) >= 11 is 0. The van der Waals surface area contributed by atoms with E-state index >= 15 is 0 Å². The van der Waals surface area contributed by atoms with Gasteiger partial charge < -0.3 is 10.0 Å². The van der Waals surface area contributed by atoms with Gasteiger partial charge in [0.1, 0.15) is 0 Å². The summed E-state index contributed by atoms with van der Waals surface area (Å²) in [6.07, 6.45) is 4.73. The van der Waals surface area contributed by atoms with Crippen LogP contribution in [0.5, 0.6) is 0 Å². The quantitative estimate of drug-likeness (QED) is 0.785. The summed E-state index contributed by atoms with van der Waals surface area (Å²) in [7, 11) is 3.61. The maximum atomic E-state index is 11.8. The zero-order chi connectivity index (χ0) is 12.8. The van der Waals surface area contributed by atoms with Crippen molar-refractivity contribution in [2.45, 2.75) is 51.2 Å². The van der Waals surface area contributed by atoms with Crippen LogP contribution in [-0.2, 0) is 4.79 Å². The molecule has 0 bridgehead atoms. The number of carbonyl (C=O) groups excluding carboxylic acids is 1. The first-order valence-electron chi connectivity index (χ1n) is 6.66. The third-order valence-corrected chi connectivity index (χ3v) is 3.53. The van der Waals surface area contributed by atoms with Crippen LogP contribution in [0.1, 0.15) is 39.0 Å². The number of hydrogen-bond donors (Lipinski definition) is 1. The number of likely N-dealkylation sites (N-methyl/N-ethyl adjacent to an activating group) is 1. The molecule has 0 saturated heterocycles. The summed E-state index contributed by atoms with van der Waals surface area (Å²) in [5, 5.41) is 9.52. The van der Waals surface area contributed by atoms with Gasteiger partial charge in [0.05, 0.1) is 12.6 Å². The first-order chi connectivity index (χ1) is 8.04. The lowest BCUT2D eigenvalue weighted by molar-refractivity contribution is -0.130. The Labute approximate surface area is 105 Å². The van der Waals surface area contributed by atoms with E-state index < -0.39 is 0 Å². The summed E-state index contributed by atoms with van der Waals surface area (Å²) in [4.78, 5) is 15.7. The smallest absolute Gasteiger partial charge is 0.236 e. The van der Waals surface area contributed by atoms with Gasteiger partial charge in [-0.15, -0.1) is 0 Å². The van der Waals surface area contributed by atoms with E-state index in [0.717, 1.165) is 38.6 Å². The molecule has 0 aromatic heterocycles. The van der Waals surface area contributed by atoms with E-state index in [2.05, 4.69) is 11.8 Å². The van der Waals surface area contributed by atoms with Crippen molar-refractivity contribution < 1.29 is 9.90 Å². The molecule has 0 radical (unpaired) electrons. The fourth-order valence-electron chi connectivity index (χ4n) is 2.42. The second kappa shape index (κ2) is 6.97. The molecule has 0 aliphatic heterocycles. The predicted molar refractivity (Wildman–Crippen MR) is 68.8 cm³/mol. The molecule has 4 heteroatoms. The number of rotatable bonds is 5. The van der Waals surface area contributed by atoms with Gasteiger partial charge in [-0.1, -0.05) is 6.92 Å². The maximum Gasteiger partial charge on any atom is 0.236 e. The van der Waals surface area contributed by atoms with Crippen molar-refractivity contribution in [3.05, 3.63) is 0 Å². The summed E-state index contributed by atoms with van der Waals surface area (Å²) < 4.78 is 0. The number of hydrogen-bond acceptors (Lipinski definition) is 3. The molecule has 1 saturated carbocycles. The van der Waals surface area contributed by atoms with Gasteiger partial charge in [0, 0.05) is 20.1 Å². The predicted octanol–water partition coefficient (Wildman–Crippen LogP) is 1.09. The van der Waals surface area contributed by atoms with Crippen molar-refractivity contribution in [3.8, 4) is 0 Å². The van der Waals surface area contributed by atoms with Gasteiger partial charge in [-0.05, 0) is 38.6 Å². The second-order valence-electron chi connectivity index (χ2n) is 5.22. The zero-order valence-corrected chi connectivity index (χ0v) is 11.4. The largest absolute Gasteiger partial charge is 0.393 e. The molecule has 0 heterocycles. The molecule has 0 aromatic carbocycles. The molecule has 0 spiro atoms. The van der Waals surface area contributed by atoms with Crippen LogP contribution in [0.4, 0.5) is 0 Å². The van der Waals surface area contributed by atoms with Gasteiger partial charge >= 0.3 is 0 Å². The number of amides is 1. The topological polar surface area (TPSA) is 43.8 Å². The van der Waals surface area contributed by atoms with E-state index in [9.17, 15) is 9.90 Å².